The van der Waals surface area contributed by atoms with Gasteiger partial charge in [0.05, 0.1) is 18.4 Å². The molecular formula is C22H20N2O2. The summed E-state index contributed by atoms with van der Waals surface area (Å²) in [5.74, 6) is 0.771. The van der Waals surface area contributed by atoms with Crippen LogP contribution in [0.15, 0.2) is 71.3 Å². The fraction of sp³-hybridized carbons (Fsp3) is 0.136. The van der Waals surface area contributed by atoms with Gasteiger partial charge in [-0.05, 0) is 43.5 Å². The van der Waals surface area contributed by atoms with E-state index in [4.69, 9.17) is 4.42 Å². The highest BCUT2D eigenvalue weighted by Crippen LogP contribution is 2.25. The number of hydrogen-bond acceptors (Lipinski definition) is 2. The van der Waals surface area contributed by atoms with E-state index in [0.717, 1.165) is 33.6 Å². The quantitative estimate of drug-likeness (QED) is 0.556. The predicted molar refractivity (Wildman–Crippen MR) is 104 cm³/mol. The lowest BCUT2D eigenvalue weighted by Crippen LogP contribution is -2.13. The summed E-state index contributed by atoms with van der Waals surface area (Å²) in [4.78, 5) is 12.9. The van der Waals surface area contributed by atoms with Crippen molar-refractivity contribution in [1.82, 2.24) is 4.57 Å². The maximum absolute atomic E-state index is 12.9. The second-order valence-electron chi connectivity index (χ2n) is 6.43. The Morgan fingerprint density at radius 3 is 2.65 bits per heavy atom. The molecule has 0 radical (unpaired) electrons. The molecule has 0 fully saturated rings. The Kier molecular flexibility index (Phi) is 4.09. The van der Waals surface area contributed by atoms with Crippen molar-refractivity contribution in [2.45, 2.75) is 20.4 Å². The third kappa shape index (κ3) is 2.90. The van der Waals surface area contributed by atoms with E-state index in [1.807, 2.05) is 74.5 Å². The molecule has 2 aromatic heterocycles. The zero-order valence-electron chi connectivity index (χ0n) is 14.8. The van der Waals surface area contributed by atoms with Crippen molar-refractivity contribution < 1.29 is 9.21 Å². The van der Waals surface area contributed by atoms with Gasteiger partial charge in [0.2, 0.25) is 0 Å². The van der Waals surface area contributed by atoms with Gasteiger partial charge in [0.1, 0.15) is 5.76 Å². The lowest BCUT2D eigenvalue weighted by Gasteiger charge is -2.10. The molecule has 0 aliphatic rings. The summed E-state index contributed by atoms with van der Waals surface area (Å²) in [6.45, 7) is 4.59. The highest BCUT2D eigenvalue weighted by Gasteiger charge is 2.17. The number of carbonyl (C=O) groups is 1. The monoisotopic (exact) mass is 344 g/mol. The first kappa shape index (κ1) is 16.2. The summed E-state index contributed by atoms with van der Waals surface area (Å²) >= 11 is 0. The third-order valence-electron chi connectivity index (χ3n) is 4.75. The second kappa shape index (κ2) is 6.56. The summed E-state index contributed by atoms with van der Waals surface area (Å²) in [5.41, 5.74) is 3.46. The van der Waals surface area contributed by atoms with Gasteiger partial charge in [-0.2, -0.15) is 0 Å². The fourth-order valence-electron chi connectivity index (χ4n) is 3.36. The number of hydrogen-bond donors (Lipinski definition) is 1. The van der Waals surface area contributed by atoms with Gasteiger partial charge in [-0.15, -0.1) is 0 Å². The molecular weight excluding hydrogens is 324 g/mol. The van der Waals surface area contributed by atoms with Crippen molar-refractivity contribution >= 4 is 22.4 Å². The fourth-order valence-corrected chi connectivity index (χ4v) is 3.36. The number of nitrogens with zero attached hydrogens (tertiary/aromatic N) is 1. The van der Waals surface area contributed by atoms with E-state index in [0.29, 0.717) is 12.1 Å². The van der Waals surface area contributed by atoms with Crippen molar-refractivity contribution in [2.24, 2.45) is 0 Å². The molecule has 2 aromatic carbocycles. The van der Waals surface area contributed by atoms with Gasteiger partial charge in [0, 0.05) is 22.5 Å². The van der Waals surface area contributed by atoms with Gasteiger partial charge in [0.25, 0.3) is 5.91 Å². The highest BCUT2D eigenvalue weighted by atomic mass is 16.3. The molecule has 0 unspecified atom stereocenters. The van der Waals surface area contributed by atoms with Gasteiger partial charge in [-0.1, -0.05) is 36.4 Å². The molecule has 0 saturated carbocycles. The summed E-state index contributed by atoms with van der Waals surface area (Å²) in [7, 11) is 0. The van der Waals surface area contributed by atoms with Gasteiger partial charge in [-0.3, -0.25) is 4.79 Å². The van der Waals surface area contributed by atoms with Crippen molar-refractivity contribution in [3.63, 3.8) is 0 Å². The SMILES string of the molecule is Cc1cc(C(=O)Nc2cccc3ccccc23)c(C)n1Cc1ccco1. The molecule has 4 aromatic rings. The van der Waals surface area contributed by atoms with Crippen LogP contribution in [0, 0.1) is 13.8 Å². The zero-order valence-corrected chi connectivity index (χ0v) is 14.8. The average Bonchev–Trinajstić information content (AvgIpc) is 3.26. The van der Waals surface area contributed by atoms with Crippen LogP contribution in [0.3, 0.4) is 0 Å². The minimum Gasteiger partial charge on any atom is -0.467 e. The van der Waals surface area contributed by atoms with E-state index in [1.54, 1.807) is 6.26 Å². The first-order chi connectivity index (χ1) is 12.6. The summed E-state index contributed by atoms with van der Waals surface area (Å²) in [5, 5.41) is 5.21. The molecule has 0 saturated heterocycles. The van der Waals surface area contributed by atoms with Crippen molar-refractivity contribution in [3.05, 3.63) is 89.6 Å². The highest BCUT2D eigenvalue weighted by molar-refractivity contribution is 6.09. The molecule has 1 N–H and O–H groups in total. The lowest BCUT2D eigenvalue weighted by atomic mass is 10.1. The van der Waals surface area contributed by atoms with E-state index in [2.05, 4.69) is 9.88 Å². The molecule has 0 aliphatic heterocycles. The molecule has 26 heavy (non-hydrogen) atoms. The van der Waals surface area contributed by atoms with Crippen LogP contribution in [0.2, 0.25) is 0 Å². The largest absolute Gasteiger partial charge is 0.467 e. The summed E-state index contributed by atoms with van der Waals surface area (Å²) in [6, 6.07) is 19.7. The van der Waals surface area contributed by atoms with E-state index < -0.39 is 0 Å². The van der Waals surface area contributed by atoms with E-state index in [-0.39, 0.29) is 5.91 Å². The number of fused-ring (bicyclic) bond motifs is 1. The first-order valence-corrected chi connectivity index (χ1v) is 8.62. The molecule has 0 aliphatic carbocycles. The van der Waals surface area contributed by atoms with Crippen molar-refractivity contribution in [2.75, 3.05) is 5.32 Å². The minimum absolute atomic E-state index is 0.0971. The standard InChI is InChI=1S/C22H20N2O2/c1-15-13-20(16(2)24(15)14-18-9-6-12-26-18)22(25)23-21-11-5-8-17-7-3-4-10-19(17)21/h3-13H,14H2,1-2H3,(H,23,25). The average molecular weight is 344 g/mol. The number of aromatic nitrogens is 1. The van der Waals surface area contributed by atoms with Crippen LogP contribution in [0.1, 0.15) is 27.5 Å². The predicted octanol–water partition coefficient (Wildman–Crippen LogP) is 5.15. The third-order valence-corrected chi connectivity index (χ3v) is 4.75. The van der Waals surface area contributed by atoms with Crippen LogP contribution in [0.4, 0.5) is 5.69 Å². The van der Waals surface area contributed by atoms with Gasteiger partial charge >= 0.3 is 0 Å². The Morgan fingerprint density at radius 2 is 1.85 bits per heavy atom. The topological polar surface area (TPSA) is 47.2 Å². The molecule has 130 valence electrons. The van der Waals surface area contributed by atoms with Gasteiger partial charge < -0.3 is 14.3 Å². The number of amides is 1. The van der Waals surface area contributed by atoms with Crippen molar-refractivity contribution in [3.8, 4) is 0 Å². The smallest absolute Gasteiger partial charge is 0.257 e. The zero-order chi connectivity index (χ0) is 18.1. The van der Waals surface area contributed by atoms with Crippen LogP contribution < -0.4 is 5.32 Å². The van der Waals surface area contributed by atoms with E-state index >= 15 is 0 Å². The number of benzene rings is 2. The Balaban J connectivity index is 1.64. The van der Waals surface area contributed by atoms with Crippen molar-refractivity contribution in [1.29, 1.82) is 0 Å². The Hall–Kier alpha value is -3.27. The van der Waals surface area contributed by atoms with E-state index in [1.165, 1.54) is 0 Å². The molecule has 1 amide bonds. The van der Waals surface area contributed by atoms with Gasteiger partial charge in [-0.25, -0.2) is 0 Å². The maximum atomic E-state index is 12.9. The van der Waals surface area contributed by atoms with Crippen LogP contribution in [0.5, 0.6) is 0 Å². The van der Waals surface area contributed by atoms with Crippen LogP contribution in [-0.2, 0) is 6.54 Å². The molecule has 2 heterocycles. The Labute approximate surface area is 152 Å². The van der Waals surface area contributed by atoms with E-state index in [9.17, 15) is 4.79 Å². The summed E-state index contributed by atoms with van der Waals surface area (Å²) in [6.07, 6.45) is 1.66. The minimum atomic E-state index is -0.0971. The number of rotatable bonds is 4. The molecule has 0 atom stereocenters. The number of carbonyl (C=O) groups excluding carboxylic acids is 1. The second-order valence-corrected chi connectivity index (χ2v) is 6.43. The maximum Gasteiger partial charge on any atom is 0.257 e. The molecule has 0 bridgehead atoms. The molecule has 0 spiro atoms. The Bertz CT molecular complexity index is 1070. The molecule has 4 nitrogen and oxygen atoms in total. The Morgan fingerprint density at radius 1 is 1.04 bits per heavy atom. The molecule has 4 heteroatoms. The first-order valence-electron chi connectivity index (χ1n) is 8.62. The van der Waals surface area contributed by atoms with Gasteiger partial charge in [0.15, 0.2) is 0 Å². The van der Waals surface area contributed by atoms with Crippen LogP contribution in [0.25, 0.3) is 10.8 Å². The summed E-state index contributed by atoms with van der Waals surface area (Å²) < 4.78 is 7.53. The van der Waals surface area contributed by atoms with Crippen LogP contribution >= 0.6 is 0 Å². The normalized spacial score (nSPS) is 11.0. The van der Waals surface area contributed by atoms with Crippen LogP contribution in [-0.4, -0.2) is 10.5 Å². The lowest BCUT2D eigenvalue weighted by molar-refractivity contribution is 0.102. The number of nitrogens with one attached hydrogen (secondary N) is 1. The molecule has 4 rings (SSSR count). The number of furan rings is 1. The number of anilines is 1. The number of aryl methyl sites for hydroxylation is 1.